The highest BCUT2D eigenvalue weighted by atomic mass is 15.2. The molecule has 2 aliphatic rings. The molecule has 1 aliphatic carbocycles. The summed E-state index contributed by atoms with van der Waals surface area (Å²) >= 11 is 0. The zero-order valence-electron chi connectivity index (χ0n) is 10.3. The van der Waals surface area contributed by atoms with Crippen molar-refractivity contribution in [3.63, 3.8) is 0 Å². The second-order valence-corrected chi connectivity index (χ2v) is 6.57. The van der Waals surface area contributed by atoms with Crippen molar-refractivity contribution in [3.8, 4) is 0 Å². The van der Waals surface area contributed by atoms with Gasteiger partial charge < -0.3 is 4.90 Å². The lowest BCUT2D eigenvalue weighted by Gasteiger charge is -2.59. The average Bonchev–Trinajstić information content (AvgIpc) is 1.99. The number of hydrogen-bond acceptors (Lipinski definition) is 1. The molecule has 2 fully saturated rings. The standard InChI is InChI=1S/C13H25N/c1-12(2,3)11-9-13(10-11)7-5-6-8-14(13)4/h11H,5-10H2,1-4H3. The van der Waals surface area contributed by atoms with E-state index in [4.69, 9.17) is 0 Å². The zero-order chi connectivity index (χ0) is 10.4. The Kier molecular flexibility index (Phi) is 2.42. The van der Waals surface area contributed by atoms with Gasteiger partial charge in [0.2, 0.25) is 0 Å². The van der Waals surface area contributed by atoms with Crippen LogP contribution < -0.4 is 0 Å². The minimum absolute atomic E-state index is 0.531. The lowest BCUT2D eigenvalue weighted by Crippen LogP contribution is -2.60. The highest BCUT2D eigenvalue weighted by molar-refractivity contribution is 5.05. The molecule has 0 aromatic heterocycles. The second-order valence-electron chi connectivity index (χ2n) is 6.57. The fourth-order valence-corrected chi connectivity index (χ4v) is 3.22. The lowest BCUT2D eigenvalue weighted by atomic mass is 9.56. The Balaban J connectivity index is 1.96. The third-order valence-corrected chi connectivity index (χ3v) is 4.67. The fourth-order valence-electron chi connectivity index (χ4n) is 3.22. The maximum Gasteiger partial charge on any atom is 0.0212 e. The van der Waals surface area contributed by atoms with Gasteiger partial charge in [-0.3, -0.25) is 0 Å². The van der Waals surface area contributed by atoms with Crippen LogP contribution in [0, 0.1) is 11.3 Å². The molecule has 1 heterocycles. The number of rotatable bonds is 0. The average molecular weight is 195 g/mol. The van der Waals surface area contributed by atoms with E-state index in [1.54, 1.807) is 0 Å². The summed E-state index contributed by atoms with van der Waals surface area (Å²) in [6.07, 6.45) is 7.23. The molecule has 0 aromatic carbocycles. The molecular formula is C13H25N. The molecule has 1 heteroatoms. The Morgan fingerprint density at radius 3 is 2.29 bits per heavy atom. The molecule has 1 saturated heterocycles. The Hall–Kier alpha value is -0.0400. The van der Waals surface area contributed by atoms with E-state index in [1.165, 1.54) is 38.6 Å². The van der Waals surface area contributed by atoms with Crippen molar-refractivity contribution in [3.05, 3.63) is 0 Å². The molecule has 1 nitrogen and oxygen atoms in total. The summed E-state index contributed by atoms with van der Waals surface area (Å²) in [6.45, 7) is 8.52. The number of nitrogens with zero attached hydrogens (tertiary/aromatic N) is 1. The summed E-state index contributed by atoms with van der Waals surface area (Å²) in [5.41, 5.74) is 1.15. The van der Waals surface area contributed by atoms with Gasteiger partial charge >= 0.3 is 0 Å². The van der Waals surface area contributed by atoms with Crippen LogP contribution in [-0.4, -0.2) is 24.0 Å². The van der Waals surface area contributed by atoms with Crippen LogP contribution in [0.1, 0.15) is 52.9 Å². The quantitative estimate of drug-likeness (QED) is 0.573. The normalized spacial score (nSPS) is 39.9. The van der Waals surface area contributed by atoms with Gasteiger partial charge in [-0.15, -0.1) is 0 Å². The van der Waals surface area contributed by atoms with Crippen molar-refractivity contribution >= 4 is 0 Å². The summed E-state index contributed by atoms with van der Waals surface area (Å²) in [7, 11) is 2.33. The van der Waals surface area contributed by atoms with Gasteiger partial charge in [0, 0.05) is 5.54 Å². The van der Waals surface area contributed by atoms with Crippen molar-refractivity contribution in [2.45, 2.75) is 58.4 Å². The fraction of sp³-hybridized carbons (Fsp3) is 1.00. The Morgan fingerprint density at radius 2 is 1.79 bits per heavy atom. The van der Waals surface area contributed by atoms with E-state index in [0.717, 1.165) is 5.92 Å². The third-order valence-electron chi connectivity index (χ3n) is 4.67. The van der Waals surface area contributed by atoms with Gasteiger partial charge in [-0.1, -0.05) is 27.2 Å². The highest BCUT2D eigenvalue weighted by Crippen LogP contribution is 2.53. The SMILES string of the molecule is CN1CCCCC12CC(C(C)(C)C)C2. The van der Waals surface area contributed by atoms with Crippen molar-refractivity contribution in [1.82, 2.24) is 4.90 Å². The van der Waals surface area contributed by atoms with Crippen molar-refractivity contribution < 1.29 is 0 Å². The number of hydrogen-bond donors (Lipinski definition) is 0. The highest BCUT2D eigenvalue weighted by Gasteiger charge is 2.50. The van der Waals surface area contributed by atoms with Crippen LogP contribution in [0.2, 0.25) is 0 Å². The minimum atomic E-state index is 0.531. The maximum atomic E-state index is 2.64. The van der Waals surface area contributed by atoms with Crippen LogP contribution in [0.4, 0.5) is 0 Å². The van der Waals surface area contributed by atoms with Crippen LogP contribution >= 0.6 is 0 Å². The first-order valence-corrected chi connectivity index (χ1v) is 6.15. The first kappa shape index (κ1) is 10.5. The summed E-state index contributed by atoms with van der Waals surface area (Å²) < 4.78 is 0. The molecular weight excluding hydrogens is 170 g/mol. The van der Waals surface area contributed by atoms with Gasteiger partial charge in [0.05, 0.1) is 0 Å². The first-order valence-electron chi connectivity index (χ1n) is 6.15. The first-order chi connectivity index (χ1) is 6.44. The van der Waals surface area contributed by atoms with E-state index >= 15 is 0 Å². The third kappa shape index (κ3) is 1.60. The van der Waals surface area contributed by atoms with Gasteiger partial charge in [-0.05, 0) is 50.6 Å². The summed E-state index contributed by atoms with van der Waals surface area (Å²) in [4.78, 5) is 2.64. The molecule has 0 atom stereocenters. The summed E-state index contributed by atoms with van der Waals surface area (Å²) in [6, 6.07) is 0. The minimum Gasteiger partial charge on any atom is -0.301 e. The number of likely N-dealkylation sites (tertiary alicyclic amines) is 1. The molecule has 1 saturated carbocycles. The van der Waals surface area contributed by atoms with Crippen LogP contribution in [-0.2, 0) is 0 Å². The van der Waals surface area contributed by atoms with Crippen LogP contribution in [0.5, 0.6) is 0 Å². The van der Waals surface area contributed by atoms with E-state index in [-0.39, 0.29) is 0 Å². The predicted octanol–water partition coefficient (Wildman–Crippen LogP) is 3.30. The molecule has 0 bridgehead atoms. The van der Waals surface area contributed by atoms with E-state index in [9.17, 15) is 0 Å². The van der Waals surface area contributed by atoms with Crippen molar-refractivity contribution in [1.29, 1.82) is 0 Å². The molecule has 1 spiro atoms. The molecule has 0 amide bonds. The number of piperidine rings is 1. The molecule has 14 heavy (non-hydrogen) atoms. The Morgan fingerprint density at radius 1 is 1.14 bits per heavy atom. The van der Waals surface area contributed by atoms with Crippen LogP contribution in [0.3, 0.4) is 0 Å². The van der Waals surface area contributed by atoms with Gasteiger partial charge in [0.1, 0.15) is 0 Å². The van der Waals surface area contributed by atoms with E-state index in [2.05, 4.69) is 32.7 Å². The van der Waals surface area contributed by atoms with Crippen LogP contribution in [0.15, 0.2) is 0 Å². The van der Waals surface area contributed by atoms with Gasteiger partial charge in [0.15, 0.2) is 0 Å². The topological polar surface area (TPSA) is 3.24 Å². The molecule has 2 rings (SSSR count). The summed E-state index contributed by atoms with van der Waals surface area (Å²) in [5.74, 6) is 0.961. The second kappa shape index (κ2) is 3.23. The monoisotopic (exact) mass is 195 g/mol. The molecule has 1 aliphatic heterocycles. The van der Waals surface area contributed by atoms with Gasteiger partial charge in [-0.25, -0.2) is 0 Å². The Labute approximate surface area is 88.9 Å². The molecule has 0 N–H and O–H groups in total. The van der Waals surface area contributed by atoms with E-state index in [1.807, 2.05) is 0 Å². The lowest BCUT2D eigenvalue weighted by molar-refractivity contribution is -0.0728. The van der Waals surface area contributed by atoms with E-state index < -0.39 is 0 Å². The molecule has 0 radical (unpaired) electrons. The van der Waals surface area contributed by atoms with Crippen LogP contribution in [0.25, 0.3) is 0 Å². The van der Waals surface area contributed by atoms with E-state index in [0.29, 0.717) is 11.0 Å². The van der Waals surface area contributed by atoms with Crippen molar-refractivity contribution in [2.75, 3.05) is 13.6 Å². The Bertz CT molecular complexity index is 208. The smallest absolute Gasteiger partial charge is 0.0212 e. The van der Waals surface area contributed by atoms with Gasteiger partial charge in [0.25, 0.3) is 0 Å². The van der Waals surface area contributed by atoms with Crippen molar-refractivity contribution in [2.24, 2.45) is 11.3 Å². The zero-order valence-corrected chi connectivity index (χ0v) is 10.3. The largest absolute Gasteiger partial charge is 0.301 e. The predicted molar refractivity (Wildman–Crippen MR) is 61.4 cm³/mol. The van der Waals surface area contributed by atoms with Gasteiger partial charge in [-0.2, -0.15) is 0 Å². The maximum absolute atomic E-state index is 2.64. The summed E-state index contributed by atoms with van der Waals surface area (Å²) in [5, 5.41) is 0. The molecule has 0 unspecified atom stereocenters. The molecule has 82 valence electrons. The molecule has 0 aromatic rings.